The SMILES string of the molecule is C[C@H](CNC(=O)[C@@H]1CCCN1C(=O)Cc1cccs1)N(C)C1CC1. The van der Waals surface area contributed by atoms with Crippen LogP contribution in [-0.4, -0.2) is 59.9 Å². The van der Waals surface area contributed by atoms with Crippen LogP contribution in [0.15, 0.2) is 17.5 Å². The number of likely N-dealkylation sites (tertiary alicyclic amines) is 1. The third-order valence-electron chi connectivity index (χ3n) is 5.17. The first-order valence-electron chi connectivity index (χ1n) is 8.87. The van der Waals surface area contributed by atoms with Gasteiger partial charge < -0.3 is 10.2 Å². The van der Waals surface area contributed by atoms with Crippen LogP contribution in [0, 0.1) is 0 Å². The Hall–Kier alpha value is -1.40. The molecule has 3 rings (SSSR count). The van der Waals surface area contributed by atoms with Gasteiger partial charge in [-0.1, -0.05) is 6.07 Å². The van der Waals surface area contributed by atoms with Gasteiger partial charge in [-0.15, -0.1) is 11.3 Å². The first-order valence-corrected chi connectivity index (χ1v) is 9.75. The van der Waals surface area contributed by atoms with Crippen LogP contribution in [0.1, 0.15) is 37.5 Å². The van der Waals surface area contributed by atoms with E-state index < -0.39 is 0 Å². The maximum Gasteiger partial charge on any atom is 0.242 e. The fourth-order valence-corrected chi connectivity index (χ4v) is 4.05. The third-order valence-corrected chi connectivity index (χ3v) is 6.05. The van der Waals surface area contributed by atoms with E-state index in [-0.39, 0.29) is 17.9 Å². The molecule has 1 N–H and O–H groups in total. The zero-order chi connectivity index (χ0) is 17.1. The number of rotatable bonds is 7. The lowest BCUT2D eigenvalue weighted by atomic mass is 10.2. The van der Waals surface area contributed by atoms with E-state index in [1.165, 1.54) is 12.8 Å². The molecule has 1 aromatic heterocycles. The van der Waals surface area contributed by atoms with E-state index in [2.05, 4.69) is 24.2 Å². The summed E-state index contributed by atoms with van der Waals surface area (Å²) in [4.78, 5) is 30.2. The van der Waals surface area contributed by atoms with Gasteiger partial charge in [0.1, 0.15) is 6.04 Å². The summed E-state index contributed by atoms with van der Waals surface area (Å²) in [5.74, 6) is 0.0707. The van der Waals surface area contributed by atoms with Crippen molar-refractivity contribution in [2.24, 2.45) is 0 Å². The lowest BCUT2D eigenvalue weighted by Gasteiger charge is -2.27. The number of nitrogens with one attached hydrogen (secondary N) is 1. The molecule has 2 heterocycles. The summed E-state index contributed by atoms with van der Waals surface area (Å²) in [6.07, 6.45) is 4.62. The summed E-state index contributed by atoms with van der Waals surface area (Å²) in [7, 11) is 2.13. The van der Waals surface area contributed by atoms with E-state index in [0.29, 0.717) is 31.6 Å². The Labute approximate surface area is 148 Å². The fraction of sp³-hybridized carbons (Fsp3) is 0.667. The van der Waals surface area contributed by atoms with Gasteiger partial charge in [0.15, 0.2) is 0 Å². The molecule has 0 aromatic carbocycles. The van der Waals surface area contributed by atoms with Crippen LogP contribution in [0.25, 0.3) is 0 Å². The Morgan fingerprint density at radius 1 is 1.42 bits per heavy atom. The van der Waals surface area contributed by atoms with Crippen LogP contribution in [-0.2, 0) is 16.0 Å². The lowest BCUT2D eigenvalue weighted by molar-refractivity contribution is -0.138. The number of amides is 2. The standard InChI is InChI=1S/C18H27N3O2S/c1-13(20(2)14-7-8-14)12-19-18(23)16-6-3-9-21(16)17(22)11-15-5-4-10-24-15/h4-5,10,13-14,16H,3,6-9,11-12H2,1-2H3,(H,19,23)/t13-,16+/m1/s1. The number of hydrogen-bond donors (Lipinski definition) is 1. The van der Waals surface area contributed by atoms with Gasteiger partial charge in [-0.05, 0) is 51.1 Å². The number of likely N-dealkylation sites (N-methyl/N-ethyl adjacent to an activating group) is 1. The summed E-state index contributed by atoms with van der Waals surface area (Å²) in [5, 5.41) is 5.04. The molecule has 1 aromatic rings. The van der Waals surface area contributed by atoms with Gasteiger partial charge >= 0.3 is 0 Å². The Morgan fingerprint density at radius 2 is 2.21 bits per heavy atom. The number of hydrogen-bond acceptors (Lipinski definition) is 4. The largest absolute Gasteiger partial charge is 0.353 e. The van der Waals surface area contributed by atoms with Crippen molar-refractivity contribution in [1.82, 2.24) is 15.1 Å². The van der Waals surface area contributed by atoms with Gasteiger partial charge in [0, 0.05) is 30.1 Å². The number of carbonyl (C=O) groups is 2. The molecule has 2 atom stereocenters. The van der Waals surface area contributed by atoms with Crippen molar-refractivity contribution in [3.05, 3.63) is 22.4 Å². The first kappa shape index (κ1) is 17.4. The smallest absolute Gasteiger partial charge is 0.242 e. The molecule has 132 valence electrons. The van der Waals surface area contributed by atoms with Crippen molar-refractivity contribution in [3.8, 4) is 0 Å². The molecular weight excluding hydrogens is 322 g/mol. The van der Waals surface area contributed by atoms with Crippen LogP contribution in [0.5, 0.6) is 0 Å². The van der Waals surface area contributed by atoms with Crippen LogP contribution in [0.2, 0.25) is 0 Å². The summed E-state index contributed by atoms with van der Waals surface area (Å²) in [6, 6.07) is 4.66. The maximum atomic E-state index is 12.6. The highest BCUT2D eigenvalue weighted by atomic mass is 32.1. The fourth-order valence-electron chi connectivity index (χ4n) is 3.35. The summed E-state index contributed by atoms with van der Waals surface area (Å²) < 4.78 is 0. The van der Waals surface area contributed by atoms with Crippen molar-refractivity contribution in [2.75, 3.05) is 20.1 Å². The predicted octanol–water partition coefficient (Wildman–Crippen LogP) is 1.88. The van der Waals surface area contributed by atoms with Crippen LogP contribution < -0.4 is 5.32 Å². The van der Waals surface area contributed by atoms with E-state index in [1.807, 2.05) is 17.5 Å². The quantitative estimate of drug-likeness (QED) is 0.818. The second-order valence-corrected chi connectivity index (χ2v) is 8.02. The van der Waals surface area contributed by atoms with E-state index >= 15 is 0 Å². The molecule has 2 amide bonds. The predicted molar refractivity (Wildman–Crippen MR) is 96.0 cm³/mol. The molecular formula is C18H27N3O2S. The Balaban J connectivity index is 1.50. The molecule has 0 radical (unpaired) electrons. The molecule has 1 saturated heterocycles. The molecule has 0 bridgehead atoms. The van der Waals surface area contributed by atoms with Crippen molar-refractivity contribution < 1.29 is 9.59 Å². The normalized spacial score (nSPS) is 22.0. The number of nitrogens with zero attached hydrogens (tertiary/aromatic N) is 2. The Kier molecular flexibility index (Phi) is 5.56. The van der Waals surface area contributed by atoms with Crippen molar-refractivity contribution in [3.63, 3.8) is 0 Å². The molecule has 2 aliphatic rings. The third kappa shape index (κ3) is 4.16. The molecule has 6 heteroatoms. The Morgan fingerprint density at radius 3 is 2.88 bits per heavy atom. The summed E-state index contributed by atoms with van der Waals surface area (Å²) in [6.45, 7) is 3.49. The van der Waals surface area contributed by atoms with Gasteiger partial charge in [0.25, 0.3) is 0 Å². The zero-order valence-electron chi connectivity index (χ0n) is 14.5. The molecule has 5 nitrogen and oxygen atoms in total. The zero-order valence-corrected chi connectivity index (χ0v) is 15.3. The van der Waals surface area contributed by atoms with Crippen LogP contribution >= 0.6 is 11.3 Å². The van der Waals surface area contributed by atoms with Gasteiger partial charge in [0.2, 0.25) is 11.8 Å². The average Bonchev–Trinajstić information content (AvgIpc) is 3.08. The van der Waals surface area contributed by atoms with E-state index in [9.17, 15) is 9.59 Å². The minimum atomic E-state index is -0.295. The lowest BCUT2D eigenvalue weighted by Crippen LogP contribution is -2.49. The highest BCUT2D eigenvalue weighted by Gasteiger charge is 2.34. The molecule has 0 unspecified atom stereocenters. The van der Waals surface area contributed by atoms with Gasteiger partial charge in [0.05, 0.1) is 6.42 Å². The second kappa shape index (κ2) is 7.66. The van der Waals surface area contributed by atoms with Crippen molar-refractivity contribution in [2.45, 2.75) is 57.2 Å². The second-order valence-electron chi connectivity index (χ2n) is 6.99. The van der Waals surface area contributed by atoms with Crippen LogP contribution in [0.3, 0.4) is 0 Å². The minimum absolute atomic E-state index is 0.00285. The minimum Gasteiger partial charge on any atom is -0.353 e. The van der Waals surface area contributed by atoms with Crippen LogP contribution in [0.4, 0.5) is 0 Å². The maximum absolute atomic E-state index is 12.6. The molecule has 24 heavy (non-hydrogen) atoms. The first-order chi connectivity index (χ1) is 11.6. The summed E-state index contributed by atoms with van der Waals surface area (Å²) >= 11 is 1.59. The topological polar surface area (TPSA) is 52.7 Å². The highest BCUT2D eigenvalue weighted by molar-refractivity contribution is 7.10. The van der Waals surface area contributed by atoms with Crippen molar-refractivity contribution >= 4 is 23.2 Å². The van der Waals surface area contributed by atoms with Gasteiger partial charge in [-0.25, -0.2) is 0 Å². The van der Waals surface area contributed by atoms with Crippen molar-refractivity contribution in [1.29, 1.82) is 0 Å². The van der Waals surface area contributed by atoms with Gasteiger partial charge in [-0.3, -0.25) is 14.5 Å². The molecule has 1 saturated carbocycles. The number of carbonyl (C=O) groups excluding carboxylic acids is 2. The van der Waals surface area contributed by atoms with E-state index in [1.54, 1.807) is 16.2 Å². The highest BCUT2D eigenvalue weighted by Crippen LogP contribution is 2.26. The molecule has 1 aliphatic carbocycles. The average molecular weight is 350 g/mol. The molecule has 2 fully saturated rings. The van der Waals surface area contributed by atoms with Gasteiger partial charge in [-0.2, -0.15) is 0 Å². The van der Waals surface area contributed by atoms with E-state index in [0.717, 1.165) is 17.7 Å². The molecule has 1 aliphatic heterocycles. The monoisotopic (exact) mass is 349 g/mol. The molecule has 0 spiro atoms. The Bertz CT molecular complexity index is 571. The number of thiophene rings is 1. The summed E-state index contributed by atoms with van der Waals surface area (Å²) in [5.41, 5.74) is 0. The van der Waals surface area contributed by atoms with E-state index in [4.69, 9.17) is 0 Å².